The maximum Gasteiger partial charge on any atom is 0.243 e. The summed E-state index contributed by atoms with van der Waals surface area (Å²) in [4.78, 5) is 13.3. The van der Waals surface area contributed by atoms with Gasteiger partial charge in [0.2, 0.25) is 26.0 Å². The minimum atomic E-state index is -3.74. The van der Waals surface area contributed by atoms with Gasteiger partial charge in [0, 0.05) is 36.2 Å². The molecule has 202 valence electrons. The zero-order chi connectivity index (χ0) is 26.8. The molecule has 0 aliphatic carbocycles. The van der Waals surface area contributed by atoms with Gasteiger partial charge in [0.25, 0.3) is 0 Å². The van der Waals surface area contributed by atoms with Crippen molar-refractivity contribution in [3.05, 3.63) is 52.0 Å². The minimum absolute atomic E-state index is 0.00740. The van der Waals surface area contributed by atoms with Crippen molar-refractivity contribution >= 4 is 54.8 Å². The van der Waals surface area contributed by atoms with E-state index in [9.17, 15) is 21.6 Å². The number of halogens is 2. The monoisotopic (exact) mass is 589 g/mol. The molecular formula is C24H29Cl2N3O6S2. The van der Waals surface area contributed by atoms with E-state index in [2.05, 4.69) is 5.32 Å². The summed E-state index contributed by atoms with van der Waals surface area (Å²) < 4.78 is 60.3. The molecule has 0 saturated carbocycles. The van der Waals surface area contributed by atoms with Crippen molar-refractivity contribution in [3.8, 4) is 5.75 Å². The third kappa shape index (κ3) is 6.40. The SMILES string of the molecule is COc1ccc(S(=O)(=O)N2CCCC2)cc1NC(=O)C1CCCN(S(=O)(=O)Cc2ccc(Cl)cc2Cl)C1. The van der Waals surface area contributed by atoms with Crippen LogP contribution in [0.3, 0.4) is 0 Å². The average molecular weight is 591 g/mol. The second-order valence-corrected chi connectivity index (χ2v) is 13.9. The quantitative estimate of drug-likeness (QED) is 0.498. The van der Waals surface area contributed by atoms with E-state index in [1.54, 1.807) is 12.1 Å². The predicted octanol–water partition coefficient (Wildman–Crippen LogP) is 3.97. The van der Waals surface area contributed by atoms with Crippen molar-refractivity contribution in [2.45, 2.75) is 36.3 Å². The number of rotatable bonds is 8. The van der Waals surface area contributed by atoms with Crippen LogP contribution < -0.4 is 10.1 Å². The Morgan fingerprint density at radius 2 is 1.70 bits per heavy atom. The lowest BCUT2D eigenvalue weighted by molar-refractivity contribution is -0.120. The molecule has 0 radical (unpaired) electrons. The Morgan fingerprint density at radius 1 is 1.00 bits per heavy atom. The van der Waals surface area contributed by atoms with Crippen molar-refractivity contribution in [3.63, 3.8) is 0 Å². The molecule has 1 atom stereocenters. The van der Waals surface area contributed by atoms with Crippen molar-refractivity contribution in [2.75, 3.05) is 38.6 Å². The Labute approximate surface area is 227 Å². The van der Waals surface area contributed by atoms with Crippen LogP contribution in [-0.2, 0) is 30.6 Å². The van der Waals surface area contributed by atoms with E-state index in [4.69, 9.17) is 27.9 Å². The summed E-state index contributed by atoms with van der Waals surface area (Å²) in [6.45, 7) is 1.23. The molecule has 13 heteroatoms. The largest absolute Gasteiger partial charge is 0.495 e. The molecular weight excluding hydrogens is 561 g/mol. The number of sulfonamides is 2. The van der Waals surface area contributed by atoms with E-state index >= 15 is 0 Å². The van der Waals surface area contributed by atoms with E-state index in [1.165, 1.54) is 40.0 Å². The number of carbonyl (C=O) groups is 1. The van der Waals surface area contributed by atoms with Gasteiger partial charge < -0.3 is 10.1 Å². The van der Waals surface area contributed by atoms with Crippen molar-refractivity contribution < 1.29 is 26.4 Å². The third-order valence-electron chi connectivity index (χ3n) is 6.63. The Morgan fingerprint density at radius 3 is 2.38 bits per heavy atom. The summed E-state index contributed by atoms with van der Waals surface area (Å²) in [6, 6.07) is 9.00. The number of ether oxygens (including phenoxy) is 1. The molecule has 0 spiro atoms. The highest BCUT2D eigenvalue weighted by Gasteiger charge is 2.34. The number of amides is 1. The molecule has 0 aromatic heterocycles. The minimum Gasteiger partial charge on any atom is -0.495 e. The Kier molecular flexibility index (Phi) is 8.72. The molecule has 2 fully saturated rings. The highest BCUT2D eigenvalue weighted by molar-refractivity contribution is 7.89. The van der Waals surface area contributed by atoms with Crippen molar-refractivity contribution in [1.29, 1.82) is 0 Å². The molecule has 0 bridgehead atoms. The van der Waals surface area contributed by atoms with Crippen LogP contribution >= 0.6 is 23.2 Å². The predicted molar refractivity (Wildman–Crippen MR) is 143 cm³/mol. The van der Waals surface area contributed by atoms with Crippen LogP contribution in [0.4, 0.5) is 5.69 Å². The van der Waals surface area contributed by atoms with Crippen LogP contribution in [0.2, 0.25) is 10.0 Å². The number of nitrogens with zero attached hydrogens (tertiary/aromatic N) is 2. The highest BCUT2D eigenvalue weighted by atomic mass is 35.5. The normalized spacial score (nSPS) is 19.6. The molecule has 2 heterocycles. The van der Waals surface area contributed by atoms with Crippen LogP contribution in [-0.4, -0.2) is 64.6 Å². The first kappa shape index (κ1) is 28.1. The Balaban J connectivity index is 1.49. The second-order valence-electron chi connectivity index (χ2n) is 9.15. The lowest BCUT2D eigenvalue weighted by Crippen LogP contribution is -2.44. The number of hydrogen-bond acceptors (Lipinski definition) is 6. The van der Waals surface area contributed by atoms with Crippen LogP contribution in [0.15, 0.2) is 41.3 Å². The Bertz CT molecular complexity index is 1380. The summed E-state index contributed by atoms with van der Waals surface area (Å²) in [5.74, 6) is -1.01. The standard InChI is InChI=1S/C24H29Cl2N3O6S2/c1-35-23-9-8-20(37(33,34)28-10-2-3-11-28)14-22(23)27-24(30)17-5-4-12-29(15-17)36(31,32)16-18-6-7-19(25)13-21(18)26/h6-9,13-14,17H,2-5,10-12,15-16H2,1H3,(H,27,30). The summed E-state index contributed by atoms with van der Waals surface area (Å²) in [5.41, 5.74) is 0.652. The molecule has 2 saturated heterocycles. The molecule has 37 heavy (non-hydrogen) atoms. The summed E-state index contributed by atoms with van der Waals surface area (Å²) in [5, 5.41) is 3.44. The van der Waals surface area contributed by atoms with E-state index < -0.39 is 31.9 Å². The van der Waals surface area contributed by atoms with E-state index in [1.807, 2.05) is 0 Å². The number of methoxy groups -OCH3 is 1. The number of nitrogens with one attached hydrogen (secondary N) is 1. The van der Waals surface area contributed by atoms with E-state index in [0.717, 1.165) is 12.8 Å². The number of carbonyl (C=O) groups excluding carboxylic acids is 1. The fraction of sp³-hybridized carbons (Fsp3) is 0.458. The van der Waals surface area contributed by atoms with Gasteiger partial charge in [0.05, 0.1) is 29.4 Å². The smallest absolute Gasteiger partial charge is 0.243 e. The van der Waals surface area contributed by atoms with Gasteiger partial charge in [0.1, 0.15) is 5.75 Å². The topological polar surface area (TPSA) is 113 Å². The lowest BCUT2D eigenvalue weighted by atomic mass is 9.98. The molecule has 1 N–H and O–H groups in total. The van der Waals surface area contributed by atoms with Crippen molar-refractivity contribution in [2.24, 2.45) is 5.92 Å². The van der Waals surface area contributed by atoms with Gasteiger partial charge in [-0.15, -0.1) is 0 Å². The molecule has 2 aliphatic heterocycles. The van der Waals surface area contributed by atoms with Gasteiger partial charge in [0.15, 0.2) is 0 Å². The molecule has 1 amide bonds. The zero-order valence-corrected chi connectivity index (χ0v) is 23.5. The molecule has 2 aromatic carbocycles. The fourth-order valence-electron chi connectivity index (χ4n) is 4.59. The van der Waals surface area contributed by atoms with Gasteiger partial charge >= 0.3 is 0 Å². The zero-order valence-electron chi connectivity index (χ0n) is 20.3. The number of piperidine rings is 1. The van der Waals surface area contributed by atoms with Gasteiger partial charge in [-0.3, -0.25) is 4.79 Å². The first-order chi connectivity index (χ1) is 17.5. The van der Waals surface area contributed by atoms with E-state index in [-0.39, 0.29) is 27.9 Å². The first-order valence-electron chi connectivity index (χ1n) is 11.9. The number of benzene rings is 2. The number of anilines is 1. The van der Waals surface area contributed by atoms with Crippen LogP contribution in [0.5, 0.6) is 5.75 Å². The van der Waals surface area contributed by atoms with Crippen LogP contribution in [0, 0.1) is 5.92 Å². The fourth-order valence-corrected chi connectivity index (χ4v) is 8.33. The second kappa shape index (κ2) is 11.5. The van der Waals surface area contributed by atoms with Crippen molar-refractivity contribution in [1.82, 2.24) is 8.61 Å². The molecule has 2 aliphatic rings. The van der Waals surface area contributed by atoms with E-state index in [0.29, 0.717) is 48.8 Å². The molecule has 4 rings (SSSR count). The summed E-state index contributed by atoms with van der Waals surface area (Å²) in [7, 11) is -6.01. The summed E-state index contributed by atoms with van der Waals surface area (Å²) >= 11 is 12.1. The molecule has 2 aromatic rings. The summed E-state index contributed by atoms with van der Waals surface area (Å²) in [6.07, 6.45) is 2.62. The average Bonchev–Trinajstić information content (AvgIpc) is 3.42. The molecule has 9 nitrogen and oxygen atoms in total. The number of hydrogen-bond donors (Lipinski definition) is 1. The third-order valence-corrected chi connectivity index (χ3v) is 10.9. The lowest BCUT2D eigenvalue weighted by Gasteiger charge is -2.31. The van der Waals surface area contributed by atoms with Gasteiger partial charge in [-0.1, -0.05) is 29.3 Å². The maximum absolute atomic E-state index is 13.2. The van der Waals surface area contributed by atoms with Gasteiger partial charge in [-0.25, -0.2) is 21.1 Å². The van der Waals surface area contributed by atoms with Gasteiger partial charge in [-0.2, -0.15) is 4.31 Å². The highest BCUT2D eigenvalue weighted by Crippen LogP contribution is 2.32. The Hall–Kier alpha value is -1.89. The van der Waals surface area contributed by atoms with Crippen LogP contribution in [0.1, 0.15) is 31.2 Å². The first-order valence-corrected chi connectivity index (χ1v) is 15.7. The van der Waals surface area contributed by atoms with Crippen LogP contribution in [0.25, 0.3) is 0 Å². The maximum atomic E-state index is 13.2. The van der Waals surface area contributed by atoms with Gasteiger partial charge in [-0.05, 0) is 61.6 Å². The molecule has 1 unspecified atom stereocenters.